The lowest BCUT2D eigenvalue weighted by molar-refractivity contribution is -0.137. The average Bonchev–Trinajstić information content (AvgIpc) is 3.09. The van der Waals surface area contributed by atoms with Crippen LogP contribution in [0, 0.1) is 0 Å². The molecule has 0 unspecified atom stereocenters. The Kier molecular flexibility index (Phi) is 4.37. The minimum atomic E-state index is -4.37. The van der Waals surface area contributed by atoms with E-state index in [1.54, 1.807) is 4.90 Å². The number of hydrogen-bond acceptors (Lipinski definition) is 4. The number of rotatable bonds is 3. The second kappa shape index (κ2) is 6.46. The van der Waals surface area contributed by atoms with Crippen LogP contribution in [0.5, 0.6) is 0 Å². The maximum atomic E-state index is 12.5. The molecule has 1 amide bonds. The molecule has 0 radical (unpaired) electrons. The fourth-order valence-electron chi connectivity index (χ4n) is 2.48. The number of likely N-dealkylation sites (tertiary alicyclic amines) is 1. The first-order valence-corrected chi connectivity index (χ1v) is 7.49. The summed E-state index contributed by atoms with van der Waals surface area (Å²) in [5, 5.41) is 2.80. The Morgan fingerprint density at radius 3 is 2.17 bits per heavy atom. The van der Waals surface area contributed by atoms with E-state index in [1.807, 2.05) is 0 Å². The van der Waals surface area contributed by atoms with Gasteiger partial charge >= 0.3 is 6.18 Å². The highest BCUT2D eigenvalue weighted by Crippen LogP contribution is 2.30. The van der Waals surface area contributed by atoms with Gasteiger partial charge in [-0.1, -0.05) is 0 Å². The molecule has 0 aliphatic carbocycles. The van der Waals surface area contributed by atoms with Crippen molar-refractivity contribution in [3.05, 3.63) is 47.8 Å². The van der Waals surface area contributed by atoms with E-state index in [0.717, 1.165) is 38.1 Å². The molecule has 2 heterocycles. The highest BCUT2D eigenvalue weighted by atomic mass is 19.4. The zero-order chi connectivity index (χ0) is 17.2. The molecule has 2 aromatic rings. The van der Waals surface area contributed by atoms with Crippen LogP contribution in [0.2, 0.25) is 0 Å². The molecular formula is C16H15F3N4O. The topological polar surface area (TPSA) is 58.1 Å². The van der Waals surface area contributed by atoms with Crippen LogP contribution in [-0.4, -0.2) is 33.9 Å². The largest absolute Gasteiger partial charge is 0.416 e. The molecule has 1 fully saturated rings. The van der Waals surface area contributed by atoms with E-state index in [9.17, 15) is 18.0 Å². The monoisotopic (exact) mass is 336 g/mol. The summed E-state index contributed by atoms with van der Waals surface area (Å²) in [7, 11) is 0. The Morgan fingerprint density at radius 1 is 1.04 bits per heavy atom. The fraction of sp³-hybridized carbons (Fsp3) is 0.312. The van der Waals surface area contributed by atoms with Crippen molar-refractivity contribution < 1.29 is 18.0 Å². The van der Waals surface area contributed by atoms with E-state index < -0.39 is 11.7 Å². The molecule has 24 heavy (non-hydrogen) atoms. The summed E-state index contributed by atoms with van der Waals surface area (Å²) in [6.45, 7) is 1.48. The molecule has 1 aromatic heterocycles. The highest BCUT2D eigenvalue weighted by molar-refractivity contribution is 5.93. The van der Waals surface area contributed by atoms with Crippen molar-refractivity contribution in [2.24, 2.45) is 0 Å². The van der Waals surface area contributed by atoms with Crippen LogP contribution >= 0.6 is 0 Å². The number of nitrogens with one attached hydrogen (secondary N) is 1. The lowest BCUT2D eigenvalue weighted by Crippen LogP contribution is -2.27. The Balaban J connectivity index is 1.66. The van der Waals surface area contributed by atoms with Crippen LogP contribution in [0.25, 0.3) is 0 Å². The van der Waals surface area contributed by atoms with Crippen molar-refractivity contribution >= 4 is 17.5 Å². The molecule has 0 spiro atoms. The van der Waals surface area contributed by atoms with Crippen molar-refractivity contribution in [1.82, 2.24) is 14.9 Å². The smallest absolute Gasteiger partial charge is 0.339 e. The predicted octanol–water partition coefficient (Wildman–Crippen LogP) is 3.48. The van der Waals surface area contributed by atoms with Crippen LogP contribution in [0.15, 0.2) is 36.7 Å². The van der Waals surface area contributed by atoms with E-state index in [4.69, 9.17) is 0 Å². The van der Waals surface area contributed by atoms with E-state index in [2.05, 4.69) is 15.3 Å². The lowest BCUT2D eigenvalue weighted by atomic mass is 10.2. The number of aromatic nitrogens is 2. The third-order valence-electron chi connectivity index (χ3n) is 3.76. The fourth-order valence-corrected chi connectivity index (χ4v) is 2.48. The van der Waals surface area contributed by atoms with Crippen molar-refractivity contribution in [3.63, 3.8) is 0 Å². The van der Waals surface area contributed by atoms with E-state index >= 15 is 0 Å². The van der Waals surface area contributed by atoms with Crippen molar-refractivity contribution in [1.29, 1.82) is 0 Å². The first-order chi connectivity index (χ1) is 11.4. The van der Waals surface area contributed by atoms with Crippen LogP contribution in [0.3, 0.4) is 0 Å². The zero-order valence-corrected chi connectivity index (χ0v) is 12.7. The minimum absolute atomic E-state index is 0.103. The normalized spacial score (nSPS) is 14.7. The Labute approximate surface area is 136 Å². The Morgan fingerprint density at radius 2 is 1.62 bits per heavy atom. The number of carbonyl (C=O) groups excluding carboxylic acids is 1. The van der Waals surface area contributed by atoms with Crippen molar-refractivity contribution in [3.8, 4) is 0 Å². The number of anilines is 2. The number of hydrogen-bond donors (Lipinski definition) is 1. The molecule has 1 aliphatic rings. The van der Waals surface area contributed by atoms with Gasteiger partial charge < -0.3 is 10.2 Å². The van der Waals surface area contributed by atoms with Gasteiger partial charge in [0.1, 0.15) is 0 Å². The highest BCUT2D eigenvalue weighted by Gasteiger charge is 2.30. The molecular weight excluding hydrogens is 321 g/mol. The van der Waals surface area contributed by atoms with Gasteiger partial charge in [-0.2, -0.15) is 13.2 Å². The lowest BCUT2D eigenvalue weighted by Gasteiger charge is -2.14. The summed E-state index contributed by atoms with van der Waals surface area (Å²) in [6, 6.07) is 4.56. The molecule has 1 N–H and O–H groups in total. The maximum absolute atomic E-state index is 12.5. The number of amides is 1. The summed E-state index contributed by atoms with van der Waals surface area (Å²) in [6.07, 6.45) is 0.465. The quantitative estimate of drug-likeness (QED) is 0.932. The summed E-state index contributed by atoms with van der Waals surface area (Å²) in [5.74, 6) is 0.112. The molecule has 5 nitrogen and oxygen atoms in total. The third-order valence-corrected chi connectivity index (χ3v) is 3.76. The van der Waals surface area contributed by atoms with Gasteiger partial charge in [0.2, 0.25) is 5.95 Å². The third kappa shape index (κ3) is 3.64. The zero-order valence-electron chi connectivity index (χ0n) is 12.7. The van der Waals surface area contributed by atoms with Crippen molar-refractivity contribution in [2.75, 3.05) is 18.4 Å². The second-order valence-corrected chi connectivity index (χ2v) is 5.49. The van der Waals surface area contributed by atoms with Crippen LogP contribution in [0.1, 0.15) is 28.8 Å². The summed E-state index contributed by atoms with van der Waals surface area (Å²) in [4.78, 5) is 22.0. The minimum Gasteiger partial charge on any atom is -0.339 e. The van der Waals surface area contributed by atoms with Gasteiger partial charge in [-0.15, -0.1) is 0 Å². The molecule has 3 rings (SSSR count). The number of carbonyl (C=O) groups is 1. The van der Waals surface area contributed by atoms with E-state index in [1.165, 1.54) is 24.5 Å². The summed E-state index contributed by atoms with van der Waals surface area (Å²) < 4.78 is 37.5. The van der Waals surface area contributed by atoms with Gasteiger partial charge in [0.25, 0.3) is 5.91 Å². The van der Waals surface area contributed by atoms with Gasteiger partial charge in [-0.05, 0) is 37.1 Å². The number of alkyl halides is 3. The van der Waals surface area contributed by atoms with Gasteiger partial charge in [0.05, 0.1) is 11.1 Å². The number of nitrogens with zero attached hydrogens (tertiary/aromatic N) is 3. The SMILES string of the molecule is O=C(c1cnc(Nc2ccc(C(F)(F)F)cc2)nc1)N1CCCC1. The summed E-state index contributed by atoms with van der Waals surface area (Å²) >= 11 is 0. The molecule has 0 bridgehead atoms. The molecule has 1 saturated heterocycles. The van der Waals surface area contributed by atoms with Gasteiger partial charge in [0, 0.05) is 31.2 Å². The average molecular weight is 336 g/mol. The molecule has 126 valence electrons. The van der Waals surface area contributed by atoms with Crippen LogP contribution < -0.4 is 5.32 Å². The van der Waals surface area contributed by atoms with E-state index in [-0.39, 0.29) is 11.9 Å². The molecule has 8 heteroatoms. The maximum Gasteiger partial charge on any atom is 0.416 e. The van der Waals surface area contributed by atoms with Gasteiger partial charge in [-0.25, -0.2) is 9.97 Å². The van der Waals surface area contributed by atoms with Crippen LogP contribution in [0.4, 0.5) is 24.8 Å². The Hall–Kier alpha value is -2.64. The molecule has 0 atom stereocenters. The second-order valence-electron chi connectivity index (χ2n) is 5.49. The van der Waals surface area contributed by atoms with Gasteiger partial charge in [0.15, 0.2) is 0 Å². The first kappa shape index (κ1) is 16.2. The predicted molar refractivity (Wildman–Crippen MR) is 81.9 cm³/mol. The van der Waals surface area contributed by atoms with Crippen LogP contribution in [-0.2, 0) is 6.18 Å². The number of benzene rings is 1. The first-order valence-electron chi connectivity index (χ1n) is 7.49. The van der Waals surface area contributed by atoms with E-state index in [0.29, 0.717) is 11.3 Å². The Bertz CT molecular complexity index is 708. The van der Waals surface area contributed by atoms with Crippen molar-refractivity contribution in [2.45, 2.75) is 19.0 Å². The van der Waals surface area contributed by atoms with Gasteiger partial charge in [-0.3, -0.25) is 4.79 Å². The number of halogens is 3. The summed E-state index contributed by atoms with van der Waals surface area (Å²) in [5.41, 5.74) is 0.108. The standard InChI is InChI=1S/C16H15F3N4O/c17-16(18,19)12-3-5-13(6-4-12)22-15-20-9-11(10-21-15)14(24)23-7-1-2-8-23/h3-6,9-10H,1-2,7-8H2,(H,20,21,22). The molecule has 1 aliphatic heterocycles. The molecule has 1 aromatic carbocycles. The molecule has 0 saturated carbocycles.